The maximum absolute atomic E-state index is 6.67. The molecule has 0 spiro atoms. The molecule has 0 saturated heterocycles. The Hall–Kier alpha value is -1.53. The van der Waals surface area contributed by atoms with Gasteiger partial charge in [0, 0.05) is 0 Å². The molecule has 1 fully saturated rings. The number of benzene rings is 2. The molecule has 0 atom stereocenters. The zero-order chi connectivity index (χ0) is 20.4. The molecule has 2 nitrogen and oxygen atoms in total. The fraction of sp³-hybridized carbons (Fsp3) is 0.520. The molecule has 1 saturated carbocycles. The standard InChI is InChI=1S/C25H35O2P/c1-24(2,3)20-15-9-11-17-22(20)26-28(19-13-7-8-14-19)27-23-18-12-10-16-21(23)25(4,5)6/h9-12,15-19H,7-8,13-14H2,1-6H3. The lowest BCUT2D eigenvalue weighted by molar-refractivity contribution is 0.448. The minimum atomic E-state index is -1.04. The van der Waals surface area contributed by atoms with E-state index in [0.29, 0.717) is 5.66 Å². The molecular weight excluding hydrogens is 363 g/mol. The fourth-order valence-corrected chi connectivity index (χ4v) is 5.64. The average molecular weight is 399 g/mol. The van der Waals surface area contributed by atoms with Crippen molar-refractivity contribution in [3.05, 3.63) is 59.7 Å². The van der Waals surface area contributed by atoms with Gasteiger partial charge in [-0.2, -0.15) is 0 Å². The van der Waals surface area contributed by atoms with Crippen LogP contribution in [0.3, 0.4) is 0 Å². The summed E-state index contributed by atoms with van der Waals surface area (Å²) in [5, 5.41) is 0. The summed E-state index contributed by atoms with van der Waals surface area (Å²) < 4.78 is 13.3. The Kier molecular flexibility index (Phi) is 6.40. The van der Waals surface area contributed by atoms with E-state index in [4.69, 9.17) is 9.05 Å². The highest BCUT2D eigenvalue weighted by atomic mass is 31.2. The summed E-state index contributed by atoms with van der Waals surface area (Å²) in [5.74, 6) is 1.95. The molecule has 152 valence electrons. The highest BCUT2D eigenvalue weighted by Gasteiger charge is 2.33. The van der Waals surface area contributed by atoms with Crippen LogP contribution in [0.4, 0.5) is 0 Å². The van der Waals surface area contributed by atoms with Gasteiger partial charge in [0.05, 0.1) is 5.66 Å². The van der Waals surface area contributed by atoms with Crippen molar-refractivity contribution >= 4 is 8.38 Å². The Balaban J connectivity index is 1.93. The van der Waals surface area contributed by atoms with E-state index in [2.05, 4.69) is 90.1 Å². The highest BCUT2D eigenvalue weighted by Crippen LogP contribution is 2.53. The van der Waals surface area contributed by atoms with Gasteiger partial charge >= 0.3 is 0 Å². The van der Waals surface area contributed by atoms with Gasteiger partial charge < -0.3 is 9.05 Å². The van der Waals surface area contributed by atoms with Crippen LogP contribution in [-0.2, 0) is 10.8 Å². The van der Waals surface area contributed by atoms with Gasteiger partial charge in [-0.05, 0) is 46.9 Å². The van der Waals surface area contributed by atoms with Crippen LogP contribution in [-0.4, -0.2) is 5.66 Å². The molecule has 0 aromatic heterocycles. The second-order valence-corrected chi connectivity index (χ2v) is 11.6. The molecule has 0 bridgehead atoms. The largest absolute Gasteiger partial charge is 0.438 e. The summed E-state index contributed by atoms with van der Waals surface area (Å²) in [5.41, 5.74) is 3.06. The normalized spacial score (nSPS) is 15.8. The van der Waals surface area contributed by atoms with Crippen molar-refractivity contribution in [1.82, 2.24) is 0 Å². The minimum absolute atomic E-state index is 0.0383. The molecule has 1 aliphatic carbocycles. The van der Waals surface area contributed by atoms with Crippen LogP contribution in [0, 0.1) is 0 Å². The Morgan fingerprint density at radius 3 is 1.46 bits per heavy atom. The van der Waals surface area contributed by atoms with Crippen molar-refractivity contribution in [2.45, 2.75) is 83.7 Å². The number of para-hydroxylation sites is 2. The Morgan fingerprint density at radius 2 is 1.07 bits per heavy atom. The second kappa shape index (κ2) is 8.46. The SMILES string of the molecule is CC(C)(C)c1ccccc1OP(Oc1ccccc1C(C)(C)C)C1CCCC1. The van der Waals surface area contributed by atoms with E-state index in [1.165, 1.54) is 36.8 Å². The van der Waals surface area contributed by atoms with Crippen LogP contribution < -0.4 is 9.05 Å². The maximum atomic E-state index is 6.67. The number of hydrogen-bond acceptors (Lipinski definition) is 2. The van der Waals surface area contributed by atoms with Crippen LogP contribution in [0.5, 0.6) is 11.5 Å². The lowest BCUT2D eigenvalue weighted by Crippen LogP contribution is -2.17. The van der Waals surface area contributed by atoms with Gasteiger partial charge in [-0.3, -0.25) is 0 Å². The summed E-state index contributed by atoms with van der Waals surface area (Å²) in [7, 11) is -1.04. The summed E-state index contributed by atoms with van der Waals surface area (Å²) in [6.45, 7) is 13.4. The Morgan fingerprint density at radius 1 is 0.679 bits per heavy atom. The predicted octanol–water partition coefficient (Wildman–Crippen LogP) is 7.99. The summed E-state index contributed by atoms with van der Waals surface area (Å²) in [6.07, 6.45) is 4.94. The molecule has 2 aromatic carbocycles. The molecule has 0 aliphatic heterocycles. The highest BCUT2D eigenvalue weighted by molar-refractivity contribution is 7.49. The first-order valence-corrected chi connectivity index (χ1v) is 11.7. The first-order valence-electron chi connectivity index (χ1n) is 10.5. The van der Waals surface area contributed by atoms with Crippen LogP contribution >= 0.6 is 8.38 Å². The molecule has 28 heavy (non-hydrogen) atoms. The topological polar surface area (TPSA) is 18.5 Å². The van der Waals surface area contributed by atoms with Crippen molar-refractivity contribution in [2.75, 3.05) is 0 Å². The first-order chi connectivity index (χ1) is 13.2. The molecule has 1 aliphatic rings. The van der Waals surface area contributed by atoms with E-state index in [0.717, 1.165) is 11.5 Å². The monoisotopic (exact) mass is 398 g/mol. The average Bonchev–Trinajstić information content (AvgIpc) is 3.15. The Labute approximate surface area is 172 Å². The molecule has 2 aromatic rings. The minimum Gasteiger partial charge on any atom is -0.438 e. The second-order valence-electron chi connectivity index (χ2n) is 9.90. The van der Waals surface area contributed by atoms with Crippen LogP contribution in [0.15, 0.2) is 48.5 Å². The summed E-state index contributed by atoms with van der Waals surface area (Å²) >= 11 is 0. The molecule has 0 unspecified atom stereocenters. The third-order valence-corrected chi connectivity index (χ3v) is 7.26. The van der Waals surface area contributed by atoms with Gasteiger partial charge in [-0.25, -0.2) is 0 Å². The third-order valence-electron chi connectivity index (χ3n) is 5.39. The van der Waals surface area contributed by atoms with Crippen molar-refractivity contribution in [1.29, 1.82) is 0 Å². The van der Waals surface area contributed by atoms with Crippen LogP contribution in [0.2, 0.25) is 0 Å². The smallest absolute Gasteiger partial charge is 0.293 e. The van der Waals surface area contributed by atoms with E-state index in [9.17, 15) is 0 Å². The first kappa shape index (κ1) is 21.2. The fourth-order valence-electron chi connectivity index (χ4n) is 3.81. The number of hydrogen-bond donors (Lipinski definition) is 0. The Bertz CT molecular complexity index is 720. The van der Waals surface area contributed by atoms with Crippen molar-refractivity contribution in [3.63, 3.8) is 0 Å². The third kappa shape index (κ3) is 5.09. The summed E-state index contributed by atoms with van der Waals surface area (Å²) in [6, 6.07) is 16.9. The van der Waals surface area contributed by atoms with Gasteiger partial charge in [-0.1, -0.05) is 90.8 Å². The van der Waals surface area contributed by atoms with Crippen molar-refractivity contribution < 1.29 is 9.05 Å². The lowest BCUT2D eigenvalue weighted by Gasteiger charge is -2.30. The molecule has 3 heteroatoms. The van der Waals surface area contributed by atoms with Gasteiger partial charge in [0.25, 0.3) is 8.38 Å². The lowest BCUT2D eigenvalue weighted by atomic mass is 9.86. The predicted molar refractivity (Wildman–Crippen MR) is 121 cm³/mol. The molecule has 0 N–H and O–H groups in total. The van der Waals surface area contributed by atoms with Gasteiger partial charge in [0.2, 0.25) is 0 Å². The van der Waals surface area contributed by atoms with Crippen LogP contribution in [0.25, 0.3) is 0 Å². The van der Waals surface area contributed by atoms with Crippen molar-refractivity contribution in [3.8, 4) is 11.5 Å². The zero-order valence-corrected chi connectivity index (χ0v) is 19.2. The molecule has 0 radical (unpaired) electrons. The van der Waals surface area contributed by atoms with Crippen LogP contribution in [0.1, 0.15) is 78.4 Å². The molecule has 0 amide bonds. The van der Waals surface area contributed by atoms with Gasteiger partial charge in [0.15, 0.2) is 0 Å². The zero-order valence-electron chi connectivity index (χ0n) is 18.3. The number of rotatable bonds is 5. The molecular formula is C25H35O2P. The van der Waals surface area contributed by atoms with Gasteiger partial charge in [0.1, 0.15) is 11.5 Å². The van der Waals surface area contributed by atoms with E-state index in [1.54, 1.807) is 0 Å². The molecule has 3 rings (SSSR count). The maximum Gasteiger partial charge on any atom is 0.293 e. The molecule has 0 heterocycles. The quantitative estimate of drug-likeness (QED) is 0.475. The van der Waals surface area contributed by atoms with Crippen molar-refractivity contribution in [2.24, 2.45) is 0 Å². The van der Waals surface area contributed by atoms with E-state index in [1.807, 2.05) is 0 Å². The van der Waals surface area contributed by atoms with E-state index < -0.39 is 8.38 Å². The van der Waals surface area contributed by atoms with E-state index >= 15 is 0 Å². The van der Waals surface area contributed by atoms with E-state index in [-0.39, 0.29) is 10.8 Å². The summed E-state index contributed by atoms with van der Waals surface area (Å²) in [4.78, 5) is 0. The van der Waals surface area contributed by atoms with Gasteiger partial charge in [-0.15, -0.1) is 0 Å².